The average molecular weight is 353 g/mol. The molecule has 0 spiro atoms. The first-order chi connectivity index (χ1) is 12.8. The molecule has 6 heteroatoms. The van der Waals surface area contributed by atoms with Crippen molar-refractivity contribution in [3.63, 3.8) is 0 Å². The lowest BCUT2D eigenvalue weighted by molar-refractivity contribution is 0.201. The van der Waals surface area contributed by atoms with E-state index >= 15 is 0 Å². The summed E-state index contributed by atoms with van der Waals surface area (Å²) in [6.07, 6.45) is 8.77. The van der Waals surface area contributed by atoms with Gasteiger partial charge in [-0.25, -0.2) is 9.98 Å². The first kappa shape index (κ1) is 18.2. The van der Waals surface area contributed by atoms with E-state index in [9.17, 15) is 0 Å². The number of aliphatic imine (C=N–C) groups is 1. The molecule has 26 heavy (non-hydrogen) atoms. The summed E-state index contributed by atoms with van der Waals surface area (Å²) in [5.74, 6) is 1.48. The Morgan fingerprint density at radius 3 is 2.73 bits per heavy atom. The molecule has 0 unspecified atom stereocenters. The fourth-order valence-electron chi connectivity index (χ4n) is 2.94. The number of nitrogens with zero attached hydrogens (tertiary/aromatic N) is 3. The summed E-state index contributed by atoms with van der Waals surface area (Å²) < 4.78 is 5.90. The molecule has 2 N–H and O–H groups in total. The van der Waals surface area contributed by atoms with Crippen molar-refractivity contribution < 1.29 is 4.74 Å². The van der Waals surface area contributed by atoms with Crippen molar-refractivity contribution in [1.29, 1.82) is 0 Å². The molecule has 3 rings (SSSR count). The second-order valence-electron chi connectivity index (χ2n) is 6.40. The zero-order chi connectivity index (χ0) is 18.0. The highest BCUT2D eigenvalue weighted by Gasteiger charge is 2.16. The third kappa shape index (κ3) is 5.72. The van der Waals surface area contributed by atoms with Crippen molar-refractivity contribution in [2.75, 3.05) is 6.54 Å². The molecule has 0 saturated heterocycles. The summed E-state index contributed by atoms with van der Waals surface area (Å²) in [5.41, 5.74) is 2.03. The van der Waals surface area contributed by atoms with Crippen molar-refractivity contribution in [2.45, 2.75) is 51.8 Å². The Morgan fingerprint density at radius 1 is 1.15 bits per heavy atom. The van der Waals surface area contributed by atoms with Gasteiger partial charge >= 0.3 is 0 Å². The maximum atomic E-state index is 5.90. The molecule has 138 valence electrons. The normalized spacial score (nSPS) is 15.0. The lowest BCUT2D eigenvalue weighted by Gasteiger charge is -2.12. The van der Waals surface area contributed by atoms with Gasteiger partial charge in [0.25, 0.3) is 0 Å². The van der Waals surface area contributed by atoms with Crippen LogP contribution in [0.15, 0.2) is 47.7 Å². The highest BCUT2D eigenvalue weighted by atomic mass is 16.5. The summed E-state index contributed by atoms with van der Waals surface area (Å²) in [6.45, 7) is 4.06. The second-order valence-corrected chi connectivity index (χ2v) is 6.40. The second kappa shape index (κ2) is 9.75. The molecule has 2 aromatic rings. The maximum absolute atomic E-state index is 5.90. The maximum Gasteiger partial charge on any atom is 0.213 e. The van der Waals surface area contributed by atoms with E-state index < -0.39 is 0 Å². The first-order valence-corrected chi connectivity index (χ1v) is 9.37. The minimum absolute atomic E-state index is 0.336. The van der Waals surface area contributed by atoms with E-state index in [1.165, 1.54) is 12.8 Å². The molecule has 0 bridgehead atoms. The monoisotopic (exact) mass is 353 g/mol. The number of nitrogens with one attached hydrogen (secondary N) is 2. The quantitative estimate of drug-likeness (QED) is 0.591. The van der Waals surface area contributed by atoms with Crippen LogP contribution in [0.3, 0.4) is 0 Å². The predicted molar refractivity (Wildman–Crippen MR) is 103 cm³/mol. The van der Waals surface area contributed by atoms with Gasteiger partial charge in [0.05, 0.1) is 18.8 Å². The molecule has 1 saturated carbocycles. The van der Waals surface area contributed by atoms with Gasteiger partial charge < -0.3 is 15.4 Å². The van der Waals surface area contributed by atoms with Crippen LogP contribution in [0.25, 0.3) is 0 Å². The molecule has 2 aromatic heterocycles. The van der Waals surface area contributed by atoms with E-state index in [0.29, 0.717) is 25.1 Å². The molecule has 1 fully saturated rings. The summed E-state index contributed by atoms with van der Waals surface area (Å²) in [6, 6.07) is 9.86. The minimum atomic E-state index is 0.336. The van der Waals surface area contributed by atoms with Gasteiger partial charge in [0.1, 0.15) is 6.10 Å². The van der Waals surface area contributed by atoms with E-state index in [4.69, 9.17) is 4.74 Å². The SMILES string of the molecule is CCNC(=NCc1ccc(OC2CCCC2)nc1)NCc1ccccn1. The molecule has 6 nitrogen and oxygen atoms in total. The molecule has 1 aliphatic carbocycles. The first-order valence-electron chi connectivity index (χ1n) is 9.37. The molecule has 0 radical (unpaired) electrons. The summed E-state index contributed by atoms with van der Waals surface area (Å²) in [5, 5.41) is 6.55. The lowest BCUT2D eigenvalue weighted by atomic mass is 10.3. The van der Waals surface area contributed by atoms with Crippen LogP contribution in [-0.4, -0.2) is 28.6 Å². The lowest BCUT2D eigenvalue weighted by Crippen LogP contribution is -2.37. The van der Waals surface area contributed by atoms with Crippen LogP contribution < -0.4 is 15.4 Å². The van der Waals surface area contributed by atoms with E-state index in [2.05, 4.69) is 32.5 Å². The Hall–Kier alpha value is -2.63. The molecule has 0 atom stereocenters. The van der Waals surface area contributed by atoms with Crippen molar-refractivity contribution >= 4 is 5.96 Å². The van der Waals surface area contributed by atoms with E-state index in [0.717, 1.165) is 36.6 Å². The number of ether oxygens (including phenoxy) is 1. The highest BCUT2D eigenvalue weighted by Crippen LogP contribution is 2.22. The molecule has 1 aliphatic rings. The van der Waals surface area contributed by atoms with Crippen LogP contribution in [0.1, 0.15) is 43.9 Å². The number of hydrogen-bond donors (Lipinski definition) is 2. The number of rotatable bonds is 7. The molecule has 0 amide bonds. The van der Waals surface area contributed by atoms with Crippen LogP contribution in [0, 0.1) is 0 Å². The zero-order valence-electron chi connectivity index (χ0n) is 15.3. The Bertz CT molecular complexity index is 681. The van der Waals surface area contributed by atoms with Crippen LogP contribution in [0.4, 0.5) is 0 Å². The van der Waals surface area contributed by atoms with Crippen molar-refractivity contribution in [2.24, 2.45) is 4.99 Å². The third-order valence-electron chi connectivity index (χ3n) is 4.31. The van der Waals surface area contributed by atoms with E-state index in [-0.39, 0.29) is 0 Å². The fraction of sp³-hybridized carbons (Fsp3) is 0.450. The van der Waals surface area contributed by atoms with Crippen LogP contribution in [-0.2, 0) is 13.1 Å². The Labute approximate surface area is 155 Å². The van der Waals surface area contributed by atoms with Gasteiger partial charge in [-0.1, -0.05) is 12.1 Å². The summed E-state index contributed by atoms with van der Waals surface area (Å²) in [4.78, 5) is 13.3. The zero-order valence-corrected chi connectivity index (χ0v) is 15.3. The number of aromatic nitrogens is 2. The van der Waals surface area contributed by atoms with Gasteiger partial charge in [-0.15, -0.1) is 0 Å². The van der Waals surface area contributed by atoms with Gasteiger partial charge in [0.2, 0.25) is 5.88 Å². The highest BCUT2D eigenvalue weighted by molar-refractivity contribution is 5.79. The number of hydrogen-bond acceptors (Lipinski definition) is 4. The van der Waals surface area contributed by atoms with E-state index in [1.54, 1.807) is 6.20 Å². The molecule has 0 aromatic carbocycles. The average Bonchev–Trinajstić information content (AvgIpc) is 3.19. The minimum Gasteiger partial charge on any atom is -0.474 e. The smallest absolute Gasteiger partial charge is 0.213 e. The molecule has 0 aliphatic heterocycles. The van der Waals surface area contributed by atoms with Crippen LogP contribution in [0.2, 0.25) is 0 Å². The van der Waals surface area contributed by atoms with Gasteiger partial charge in [0.15, 0.2) is 5.96 Å². The van der Waals surface area contributed by atoms with Crippen LogP contribution in [0.5, 0.6) is 5.88 Å². The van der Waals surface area contributed by atoms with Crippen molar-refractivity contribution in [3.8, 4) is 5.88 Å². The standard InChI is InChI=1S/C20H27N5O/c1-2-21-20(25-15-17-7-5-6-12-22-17)24-14-16-10-11-19(23-13-16)26-18-8-3-4-9-18/h5-7,10-13,18H,2-4,8-9,14-15H2,1H3,(H2,21,24,25). The van der Waals surface area contributed by atoms with Crippen LogP contribution >= 0.6 is 0 Å². The molecular weight excluding hydrogens is 326 g/mol. The topological polar surface area (TPSA) is 71.4 Å². The molecular formula is C20H27N5O. The largest absolute Gasteiger partial charge is 0.474 e. The number of guanidine groups is 1. The van der Waals surface area contributed by atoms with Crippen molar-refractivity contribution in [3.05, 3.63) is 54.0 Å². The summed E-state index contributed by atoms with van der Waals surface area (Å²) in [7, 11) is 0. The number of pyridine rings is 2. The molecule has 2 heterocycles. The van der Waals surface area contributed by atoms with Gasteiger partial charge in [-0.3, -0.25) is 4.98 Å². The summed E-state index contributed by atoms with van der Waals surface area (Å²) >= 11 is 0. The van der Waals surface area contributed by atoms with Gasteiger partial charge in [0, 0.05) is 25.0 Å². The Morgan fingerprint density at radius 2 is 2.04 bits per heavy atom. The fourth-order valence-corrected chi connectivity index (χ4v) is 2.94. The Balaban J connectivity index is 1.52. The van der Waals surface area contributed by atoms with Crippen molar-refractivity contribution in [1.82, 2.24) is 20.6 Å². The third-order valence-corrected chi connectivity index (χ3v) is 4.31. The van der Waals surface area contributed by atoms with Gasteiger partial charge in [-0.05, 0) is 50.3 Å². The Kier molecular flexibility index (Phi) is 6.81. The van der Waals surface area contributed by atoms with Gasteiger partial charge in [-0.2, -0.15) is 0 Å². The van der Waals surface area contributed by atoms with E-state index in [1.807, 2.05) is 36.5 Å². The predicted octanol–water partition coefficient (Wildman–Crippen LogP) is 3.05.